The van der Waals surface area contributed by atoms with Crippen LogP contribution in [0.3, 0.4) is 0 Å². The summed E-state index contributed by atoms with van der Waals surface area (Å²) in [6, 6.07) is 1.22. The van der Waals surface area contributed by atoms with E-state index in [1.165, 1.54) is 0 Å². The minimum atomic E-state index is 0.339. The van der Waals surface area contributed by atoms with Crippen LogP contribution in [0, 0.1) is 0 Å². The van der Waals surface area contributed by atoms with E-state index in [4.69, 9.17) is 23.2 Å². The third-order valence-electron chi connectivity index (χ3n) is 1.80. The summed E-state index contributed by atoms with van der Waals surface area (Å²) in [5, 5.41) is 0. The fourth-order valence-electron chi connectivity index (χ4n) is 0.880. The second kappa shape index (κ2) is 2.39. The molecule has 52 valence electrons. The van der Waals surface area contributed by atoms with Gasteiger partial charge in [0.15, 0.2) is 0 Å². The van der Waals surface area contributed by atoms with Gasteiger partial charge in [-0.1, -0.05) is 23.2 Å². The maximum Gasteiger partial charge on any atom is 0.122 e. The van der Waals surface area contributed by atoms with Crippen LogP contribution in [0.1, 0.15) is 13.8 Å². The predicted molar refractivity (Wildman–Crippen MR) is 40.6 cm³/mol. The molecule has 0 aromatic carbocycles. The van der Waals surface area contributed by atoms with Crippen molar-refractivity contribution < 1.29 is 0 Å². The van der Waals surface area contributed by atoms with Gasteiger partial charge < -0.3 is 4.90 Å². The molecule has 0 aliphatic carbocycles. The molecule has 0 radical (unpaired) electrons. The van der Waals surface area contributed by atoms with Crippen LogP contribution in [0.5, 0.6) is 0 Å². The number of nitrogens with zero attached hydrogens (tertiary/aromatic N) is 1. The molecule has 1 saturated heterocycles. The highest BCUT2D eigenvalue weighted by atomic mass is 35.5. The SMILES string of the molecule is CC1C(C)N1C=C(Cl)Cl. The summed E-state index contributed by atoms with van der Waals surface area (Å²) < 4.78 is 0.339. The maximum atomic E-state index is 5.43. The molecule has 0 amide bonds. The van der Waals surface area contributed by atoms with Gasteiger partial charge >= 0.3 is 0 Å². The lowest BCUT2D eigenvalue weighted by Crippen LogP contribution is -1.86. The molecule has 1 heterocycles. The lowest BCUT2D eigenvalue weighted by Gasteiger charge is -1.91. The Morgan fingerprint density at radius 3 is 1.89 bits per heavy atom. The third-order valence-corrected chi connectivity index (χ3v) is 1.99. The molecule has 0 N–H and O–H groups in total. The van der Waals surface area contributed by atoms with Crippen LogP contribution >= 0.6 is 23.2 Å². The van der Waals surface area contributed by atoms with Crippen LogP contribution in [0.2, 0.25) is 0 Å². The van der Waals surface area contributed by atoms with E-state index < -0.39 is 0 Å². The van der Waals surface area contributed by atoms with Gasteiger partial charge in [-0.3, -0.25) is 0 Å². The first-order valence-electron chi connectivity index (χ1n) is 2.93. The highest BCUT2D eigenvalue weighted by molar-refractivity contribution is 6.55. The zero-order chi connectivity index (χ0) is 7.02. The Balaban J connectivity index is 2.42. The average Bonchev–Trinajstić information content (AvgIpc) is 2.22. The molecule has 0 bridgehead atoms. The Hall–Kier alpha value is 0.120. The summed E-state index contributed by atoms with van der Waals surface area (Å²) in [6.07, 6.45) is 1.76. The van der Waals surface area contributed by atoms with E-state index in [0.29, 0.717) is 16.6 Å². The highest BCUT2D eigenvalue weighted by Crippen LogP contribution is 2.29. The van der Waals surface area contributed by atoms with Crippen LogP contribution in [-0.2, 0) is 0 Å². The molecule has 0 saturated carbocycles. The van der Waals surface area contributed by atoms with E-state index in [-0.39, 0.29) is 0 Å². The second-order valence-corrected chi connectivity index (χ2v) is 3.36. The van der Waals surface area contributed by atoms with Gasteiger partial charge in [-0.05, 0) is 13.8 Å². The van der Waals surface area contributed by atoms with Crippen molar-refractivity contribution in [3.05, 3.63) is 10.7 Å². The lowest BCUT2D eigenvalue weighted by molar-refractivity contribution is 0.667. The molecule has 1 aliphatic heterocycles. The zero-order valence-electron chi connectivity index (χ0n) is 5.44. The van der Waals surface area contributed by atoms with Crippen molar-refractivity contribution in [3.63, 3.8) is 0 Å². The summed E-state index contributed by atoms with van der Waals surface area (Å²) >= 11 is 10.9. The largest absolute Gasteiger partial charge is 0.366 e. The van der Waals surface area contributed by atoms with Gasteiger partial charge in [0.2, 0.25) is 0 Å². The Bertz CT molecular complexity index is 132. The Morgan fingerprint density at radius 2 is 1.78 bits per heavy atom. The minimum Gasteiger partial charge on any atom is -0.366 e. The first-order valence-corrected chi connectivity index (χ1v) is 3.69. The molecule has 1 rings (SSSR count). The standard InChI is InChI=1S/C6H9Cl2N/c1-4-5(2)9(4)3-6(7)8/h3-5H,1-2H3. The Morgan fingerprint density at radius 1 is 1.33 bits per heavy atom. The monoisotopic (exact) mass is 165 g/mol. The molecular weight excluding hydrogens is 157 g/mol. The lowest BCUT2D eigenvalue weighted by atomic mass is 10.4. The average molecular weight is 166 g/mol. The van der Waals surface area contributed by atoms with Crippen LogP contribution in [0.4, 0.5) is 0 Å². The van der Waals surface area contributed by atoms with E-state index in [0.717, 1.165) is 0 Å². The fourth-order valence-corrected chi connectivity index (χ4v) is 1.11. The molecule has 2 atom stereocenters. The Kier molecular flexibility index (Phi) is 1.92. The number of rotatable bonds is 1. The maximum absolute atomic E-state index is 5.43. The van der Waals surface area contributed by atoms with Crippen molar-refractivity contribution in [2.24, 2.45) is 0 Å². The van der Waals surface area contributed by atoms with Gasteiger partial charge in [0.1, 0.15) is 4.49 Å². The van der Waals surface area contributed by atoms with Crippen molar-refractivity contribution in [3.8, 4) is 0 Å². The molecule has 3 heteroatoms. The molecule has 1 aliphatic rings. The fraction of sp³-hybridized carbons (Fsp3) is 0.667. The second-order valence-electron chi connectivity index (χ2n) is 2.35. The summed E-state index contributed by atoms with van der Waals surface area (Å²) in [5.41, 5.74) is 0. The van der Waals surface area contributed by atoms with Crippen molar-refractivity contribution in [1.29, 1.82) is 0 Å². The summed E-state index contributed by atoms with van der Waals surface area (Å²) in [5.74, 6) is 0. The van der Waals surface area contributed by atoms with E-state index >= 15 is 0 Å². The van der Waals surface area contributed by atoms with Crippen molar-refractivity contribution in [2.45, 2.75) is 25.9 Å². The van der Waals surface area contributed by atoms with Crippen molar-refractivity contribution >= 4 is 23.2 Å². The van der Waals surface area contributed by atoms with Gasteiger partial charge in [0.25, 0.3) is 0 Å². The normalized spacial score (nSPS) is 32.2. The van der Waals surface area contributed by atoms with E-state index in [9.17, 15) is 0 Å². The van der Waals surface area contributed by atoms with Gasteiger partial charge in [0.05, 0.1) is 0 Å². The first kappa shape index (κ1) is 7.23. The first-order chi connectivity index (χ1) is 4.13. The van der Waals surface area contributed by atoms with Crippen LogP contribution < -0.4 is 0 Å². The third kappa shape index (κ3) is 1.53. The highest BCUT2D eigenvalue weighted by Gasteiger charge is 2.36. The van der Waals surface area contributed by atoms with Crippen molar-refractivity contribution in [1.82, 2.24) is 4.90 Å². The van der Waals surface area contributed by atoms with Gasteiger partial charge in [-0.2, -0.15) is 0 Å². The molecular formula is C6H9Cl2N. The number of hydrogen-bond donors (Lipinski definition) is 0. The van der Waals surface area contributed by atoms with E-state index in [1.54, 1.807) is 6.20 Å². The molecule has 1 nitrogen and oxygen atoms in total. The number of hydrogen-bond acceptors (Lipinski definition) is 1. The molecule has 2 unspecified atom stereocenters. The number of halogens is 2. The molecule has 0 spiro atoms. The topological polar surface area (TPSA) is 3.01 Å². The van der Waals surface area contributed by atoms with Gasteiger partial charge in [-0.25, -0.2) is 0 Å². The van der Waals surface area contributed by atoms with Crippen molar-refractivity contribution in [2.75, 3.05) is 0 Å². The molecule has 1 fully saturated rings. The molecule has 9 heavy (non-hydrogen) atoms. The van der Waals surface area contributed by atoms with Crippen LogP contribution in [-0.4, -0.2) is 17.0 Å². The Labute approximate surface area is 65.2 Å². The zero-order valence-corrected chi connectivity index (χ0v) is 6.95. The van der Waals surface area contributed by atoms with E-state index in [2.05, 4.69) is 18.7 Å². The van der Waals surface area contributed by atoms with Gasteiger partial charge in [0, 0.05) is 18.3 Å². The summed E-state index contributed by atoms with van der Waals surface area (Å²) in [6.45, 7) is 4.27. The molecule has 0 aromatic heterocycles. The van der Waals surface area contributed by atoms with Crippen LogP contribution in [0.25, 0.3) is 0 Å². The summed E-state index contributed by atoms with van der Waals surface area (Å²) in [4.78, 5) is 2.11. The van der Waals surface area contributed by atoms with E-state index in [1.807, 2.05) is 0 Å². The smallest absolute Gasteiger partial charge is 0.122 e. The summed E-state index contributed by atoms with van der Waals surface area (Å²) in [7, 11) is 0. The van der Waals surface area contributed by atoms with Crippen LogP contribution in [0.15, 0.2) is 10.7 Å². The predicted octanol–water partition coefficient (Wildman–Crippen LogP) is 2.36. The quantitative estimate of drug-likeness (QED) is 0.540. The van der Waals surface area contributed by atoms with Gasteiger partial charge in [-0.15, -0.1) is 0 Å². The minimum absolute atomic E-state index is 0.339. The molecule has 0 aromatic rings.